The summed E-state index contributed by atoms with van der Waals surface area (Å²) in [5.41, 5.74) is 0. The largest absolute Gasteiger partial charge is 0.368 e. The molecule has 0 radical (unpaired) electrons. The van der Waals surface area contributed by atoms with Crippen LogP contribution in [0, 0.1) is 0 Å². The molecule has 0 aliphatic carbocycles. The number of carbonyl (C=O) groups excluding carboxylic acids is 1. The summed E-state index contributed by atoms with van der Waals surface area (Å²) in [6, 6.07) is 0. The van der Waals surface area contributed by atoms with Crippen LogP contribution in [-0.4, -0.2) is 49.3 Å². The second-order valence-corrected chi connectivity index (χ2v) is 3.76. The van der Waals surface area contributed by atoms with Crippen LogP contribution in [0.25, 0.3) is 0 Å². The summed E-state index contributed by atoms with van der Waals surface area (Å²) in [6.07, 6.45) is 0.740. The fourth-order valence-corrected chi connectivity index (χ4v) is 1.83. The molecule has 86 valence electrons. The summed E-state index contributed by atoms with van der Waals surface area (Å²) in [5.74, 6) is -0.0957. The van der Waals surface area contributed by atoms with Crippen LogP contribution in [0.2, 0.25) is 0 Å². The first kappa shape index (κ1) is 10.8. The van der Waals surface area contributed by atoms with Gasteiger partial charge in [0.05, 0.1) is 6.10 Å². The van der Waals surface area contributed by atoms with Crippen LogP contribution in [0.5, 0.6) is 0 Å². The maximum atomic E-state index is 11.8. The summed E-state index contributed by atoms with van der Waals surface area (Å²) >= 11 is 0. The van der Waals surface area contributed by atoms with Crippen LogP contribution in [0.4, 0.5) is 8.78 Å². The number of hydrogen-bond acceptors (Lipinski definition) is 3. The van der Waals surface area contributed by atoms with Crippen LogP contribution < -0.4 is 0 Å². The molecule has 0 spiro atoms. The van der Waals surface area contributed by atoms with Crippen molar-refractivity contribution in [2.24, 2.45) is 0 Å². The van der Waals surface area contributed by atoms with Gasteiger partial charge in [-0.15, -0.1) is 0 Å². The number of nitrogens with zero attached hydrogens (tertiary/aromatic N) is 1. The molecule has 2 aliphatic rings. The number of ether oxygens (including phenoxy) is 2. The molecule has 2 fully saturated rings. The van der Waals surface area contributed by atoms with Crippen molar-refractivity contribution in [1.29, 1.82) is 0 Å². The fraction of sp³-hybridized carbons (Fsp3) is 0.889. The van der Waals surface area contributed by atoms with Gasteiger partial charge in [0, 0.05) is 19.7 Å². The van der Waals surface area contributed by atoms with E-state index in [1.807, 2.05) is 0 Å². The van der Waals surface area contributed by atoms with E-state index in [9.17, 15) is 13.6 Å². The molecule has 0 unspecified atom stereocenters. The minimum atomic E-state index is -2.75. The molecule has 0 bridgehead atoms. The highest BCUT2D eigenvalue weighted by molar-refractivity contribution is 5.82. The minimum Gasteiger partial charge on any atom is -0.368 e. The average molecular weight is 221 g/mol. The van der Waals surface area contributed by atoms with E-state index < -0.39 is 12.7 Å². The molecule has 0 saturated carbocycles. The van der Waals surface area contributed by atoms with Gasteiger partial charge in [-0.1, -0.05) is 0 Å². The molecule has 15 heavy (non-hydrogen) atoms. The number of likely N-dealkylation sites (tertiary alicyclic amines) is 1. The van der Waals surface area contributed by atoms with Gasteiger partial charge in [0.15, 0.2) is 0 Å². The van der Waals surface area contributed by atoms with Gasteiger partial charge in [0.2, 0.25) is 0 Å². The molecule has 6 heteroatoms. The number of hydrogen-bond donors (Lipinski definition) is 0. The second-order valence-electron chi connectivity index (χ2n) is 3.76. The van der Waals surface area contributed by atoms with Crippen LogP contribution >= 0.6 is 0 Å². The van der Waals surface area contributed by atoms with E-state index in [4.69, 9.17) is 4.74 Å². The zero-order valence-electron chi connectivity index (χ0n) is 8.20. The Balaban J connectivity index is 1.71. The summed E-state index contributed by atoms with van der Waals surface area (Å²) in [7, 11) is 0. The first-order valence-electron chi connectivity index (χ1n) is 5.01. The van der Waals surface area contributed by atoms with E-state index in [2.05, 4.69) is 4.74 Å². The van der Waals surface area contributed by atoms with Crippen LogP contribution in [0.1, 0.15) is 12.8 Å². The highest BCUT2D eigenvalue weighted by Gasteiger charge is 2.37. The molecule has 2 saturated heterocycles. The molecule has 1 atom stereocenters. The Bertz CT molecular complexity index is 238. The van der Waals surface area contributed by atoms with E-state index in [-0.39, 0.29) is 25.1 Å². The Labute approximate surface area is 86.1 Å². The molecule has 2 rings (SSSR count). The van der Waals surface area contributed by atoms with E-state index in [0.29, 0.717) is 6.61 Å². The van der Waals surface area contributed by atoms with Gasteiger partial charge in [-0.25, -0.2) is 0 Å². The van der Waals surface area contributed by atoms with Crippen molar-refractivity contribution in [3.05, 3.63) is 0 Å². The van der Waals surface area contributed by atoms with Gasteiger partial charge < -0.3 is 14.4 Å². The lowest BCUT2D eigenvalue weighted by atomic mass is 10.1. The third kappa shape index (κ3) is 2.43. The summed E-state index contributed by atoms with van der Waals surface area (Å²) in [5, 5.41) is 0. The predicted octanol–water partition coefficient (Wildman–Crippen LogP) is 0.615. The lowest BCUT2D eigenvalue weighted by molar-refractivity contribution is -0.201. The first-order chi connectivity index (χ1) is 7.16. The summed E-state index contributed by atoms with van der Waals surface area (Å²) in [6.45, 7) is -1.64. The molecule has 0 aromatic heterocycles. The molecule has 0 aromatic carbocycles. The second kappa shape index (κ2) is 4.40. The van der Waals surface area contributed by atoms with Gasteiger partial charge in [0.1, 0.15) is 6.10 Å². The van der Waals surface area contributed by atoms with Gasteiger partial charge in [-0.2, -0.15) is 8.78 Å². The number of carbonyl (C=O) groups is 1. The van der Waals surface area contributed by atoms with Crippen LogP contribution in [0.3, 0.4) is 0 Å². The van der Waals surface area contributed by atoms with Crippen LogP contribution in [-0.2, 0) is 14.3 Å². The van der Waals surface area contributed by atoms with E-state index >= 15 is 0 Å². The van der Waals surface area contributed by atoms with E-state index in [1.54, 1.807) is 0 Å². The topological polar surface area (TPSA) is 38.8 Å². The lowest BCUT2D eigenvalue weighted by Gasteiger charge is -2.39. The molecule has 2 heterocycles. The third-order valence-corrected chi connectivity index (χ3v) is 2.66. The average Bonchev–Trinajstić information content (AvgIpc) is 2.61. The Morgan fingerprint density at radius 2 is 2.20 bits per heavy atom. The normalized spacial score (nSPS) is 27.1. The van der Waals surface area contributed by atoms with Crippen molar-refractivity contribution < 1.29 is 23.0 Å². The molecule has 0 N–H and O–H groups in total. The molecule has 2 aliphatic heterocycles. The quantitative estimate of drug-likeness (QED) is 0.701. The summed E-state index contributed by atoms with van der Waals surface area (Å²) < 4.78 is 33.0. The van der Waals surface area contributed by atoms with Crippen molar-refractivity contribution in [1.82, 2.24) is 4.90 Å². The lowest BCUT2D eigenvalue weighted by Crippen LogP contribution is -2.57. The zero-order chi connectivity index (χ0) is 10.8. The fourth-order valence-electron chi connectivity index (χ4n) is 1.83. The van der Waals surface area contributed by atoms with Gasteiger partial charge in [0.25, 0.3) is 5.91 Å². The Hall–Kier alpha value is -0.750. The third-order valence-electron chi connectivity index (χ3n) is 2.66. The van der Waals surface area contributed by atoms with Gasteiger partial charge in [-0.05, 0) is 12.8 Å². The Kier molecular flexibility index (Phi) is 3.16. The van der Waals surface area contributed by atoms with Crippen molar-refractivity contribution in [2.75, 3.05) is 19.7 Å². The molecule has 4 nitrogen and oxygen atoms in total. The minimum absolute atomic E-state index is 0.0957. The monoisotopic (exact) mass is 221 g/mol. The molecule has 1 amide bonds. The standard InChI is InChI=1S/C9H13F2NO3/c10-9(11)15-6-4-12(5-6)8(13)7-2-1-3-14-7/h6-7,9H,1-5H2/t7-/m1/s1. The maximum Gasteiger partial charge on any atom is 0.345 e. The van der Waals surface area contributed by atoms with Crippen molar-refractivity contribution in [3.63, 3.8) is 0 Å². The van der Waals surface area contributed by atoms with E-state index in [1.165, 1.54) is 4.90 Å². The number of amides is 1. The maximum absolute atomic E-state index is 11.8. The van der Waals surface area contributed by atoms with Crippen molar-refractivity contribution in [2.45, 2.75) is 31.7 Å². The van der Waals surface area contributed by atoms with Crippen molar-refractivity contribution in [3.8, 4) is 0 Å². The van der Waals surface area contributed by atoms with E-state index in [0.717, 1.165) is 12.8 Å². The predicted molar refractivity (Wildman–Crippen MR) is 46.4 cm³/mol. The Morgan fingerprint density at radius 3 is 2.73 bits per heavy atom. The van der Waals surface area contributed by atoms with Gasteiger partial charge >= 0.3 is 6.61 Å². The highest BCUT2D eigenvalue weighted by Crippen LogP contribution is 2.20. The highest BCUT2D eigenvalue weighted by atomic mass is 19.3. The SMILES string of the molecule is O=C([C@H]1CCCO1)N1CC(OC(F)F)C1. The zero-order valence-corrected chi connectivity index (χ0v) is 8.20. The van der Waals surface area contributed by atoms with Gasteiger partial charge in [-0.3, -0.25) is 4.79 Å². The number of halogens is 2. The molecular formula is C9H13F2NO3. The van der Waals surface area contributed by atoms with Crippen molar-refractivity contribution >= 4 is 5.91 Å². The summed E-state index contributed by atoms with van der Waals surface area (Å²) in [4.78, 5) is 13.1. The molecular weight excluding hydrogens is 208 g/mol. The Morgan fingerprint density at radius 1 is 1.47 bits per heavy atom. The number of alkyl halides is 2. The van der Waals surface area contributed by atoms with Crippen LogP contribution in [0.15, 0.2) is 0 Å². The smallest absolute Gasteiger partial charge is 0.345 e. The molecule has 0 aromatic rings. The first-order valence-corrected chi connectivity index (χ1v) is 5.01. The number of rotatable bonds is 3.